The molecule has 11 nitrogen and oxygen atoms in total. The maximum absolute atomic E-state index is 14.0. The Kier molecular flexibility index (Phi) is 9.59. The summed E-state index contributed by atoms with van der Waals surface area (Å²) in [6.45, 7) is 12.9. The summed E-state index contributed by atoms with van der Waals surface area (Å²) >= 11 is 0. The first-order valence-electron chi connectivity index (χ1n) is 20.0. The molecule has 10 saturated heterocycles. The van der Waals surface area contributed by atoms with Crippen LogP contribution in [-0.2, 0) is 42.7 Å². The van der Waals surface area contributed by atoms with E-state index in [1.807, 2.05) is 0 Å². The predicted octanol–water partition coefficient (Wildman–Crippen LogP) is 4.09. The number of aliphatic hydroxyl groups is 2. The van der Waals surface area contributed by atoms with E-state index in [0.29, 0.717) is 44.4 Å². The Morgan fingerprint density at radius 2 is 1.49 bits per heavy atom. The van der Waals surface area contributed by atoms with Crippen LogP contribution < -0.4 is 0 Å². The Labute approximate surface area is 301 Å². The van der Waals surface area contributed by atoms with Crippen molar-refractivity contribution in [2.45, 2.75) is 195 Å². The zero-order chi connectivity index (χ0) is 35.2. The van der Waals surface area contributed by atoms with Gasteiger partial charge < -0.3 is 48.1 Å². The summed E-state index contributed by atoms with van der Waals surface area (Å²) in [5, 5.41) is 20.0. The topological polar surface area (TPSA) is 131 Å². The maximum atomic E-state index is 14.0. The number of fused-ring (bicyclic) bond motifs is 6. The maximum Gasteiger partial charge on any atom is 0.172 e. The molecule has 0 aromatic rings. The minimum atomic E-state index is -0.872. The van der Waals surface area contributed by atoms with Gasteiger partial charge in [-0.25, -0.2) is 0 Å². The summed E-state index contributed by atoms with van der Waals surface area (Å²) in [6.07, 6.45) is 5.65. The molecule has 2 N–H and O–H groups in total. The number of carbonyl (C=O) groups is 1. The van der Waals surface area contributed by atoms with Crippen molar-refractivity contribution in [1.82, 2.24) is 0 Å². The van der Waals surface area contributed by atoms with Crippen LogP contribution in [0.2, 0.25) is 0 Å². The van der Waals surface area contributed by atoms with E-state index in [4.69, 9.17) is 37.9 Å². The molecule has 0 saturated carbocycles. The number of Topliss-reactive ketones (excluding diaryl/α,β-unsaturated/α-hetero) is 1. The van der Waals surface area contributed by atoms with Gasteiger partial charge >= 0.3 is 0 Å². The van der Waals surface area contributed by atoms with Gasteiger partial charge in [-0.2, -0.15) is 0 Å². The van der Waals surface area contributed by atoms with E-state index in [-0.39, 0.29) is 110 Å². The Hall–Kier alpha value is -1.25. The van der Waals surface area contributed by atoms with Gasteiger partial charge in [0.05, 0.1) is 67.6 Å². The second-order valence-electron chi connectivity index (χ2n) is 17.5. The predicted molar refractivity (Wildman–Crippen MR) is 183 cm³/mol. The fourth-order valence-electron chi connectivity index (χ4n) is 11.3. The number of hydrogen-bond acceptors (Lipinski definition) is 11. The summed E-state index contributed by atoms with van der Waals surface area (Å²) in [6, 6.07) is 0. The smallest absolute Gasteiger partial charge is 0.172 e. The van der Waals surface area contributed by atoms with Gasteiger partial charge in [0, 0.05) is 38.5 Å². The first-order chi connectivity index (χ1) is 24.6. The van der Waals surface area contributed by atoms with Crippen LogP contribution in [0.5, 0.6) is 0 Å². The number of ether oxygens (including phenoxy) is 8. The van der Waals surface area contributed by atoms with Crippen LogP contribution in [0.1, 0.15) is 97.3 Å². The lowest BCUT2D eigenvalue weighted by molar-refractivity contribution is -0.292. The van der Waals surface area contributed by atoms with E-state index in [1.54, 1.807) is 0 Å². The molecule has 10 aliphatic heterocycles. The van der Waals surface area contributed by atoms with Crippen LogP contribution in [0.4, 0.5) is 0 Å². The summed E-state index contributed by atoms with van der Waals surface area (Å²) < 4.78 is 53.9. The van der Waals surface area contributed by atoms with E-state index in [9.17, 15) is 15.0 Å². The number of carbonyl (C=O) groups excluding carboxylic acids is 1. The quantitative estimate of drug-likeness (QED) is 0.410. The minimum absolute atomic E-state index is 0.00894. The Balaban J connectivity index is 0.986. The molecule has 12 bridgehead atoms. The van der Waals surface area contributed by atoms with Crippen LogP contribution in [0, 0.1) is 17.8 Å². The average molecular weight is 715 g/mol. The molecular weight excluding hydrogens is 656 g/mol. The van der Waals surface area contributed by atoms with E-state index < -0.39 is 11.9 Å². The molecule has 11 heteroatoms. The molecule has 51 heavy (non-hydrogen) atoms. The van der Waals surface area contributed by atoms with Gasteiger partial charge in [-0.1, -0.05) is 27.0 Å². The van der Waals surface area contributed by atoms with Crippen molar-refractivity contribution in [3.63, 3.8) is 0 Å². The molecule has 10 fully saturated rings. The van der Waals surface area contributed by atoms with Gasteiger partial charge in [0.1, 0.15) is 36.3 Å². The number of aliphatic hydroxyl groups excluding tert-OH is 2. The van der Waals surface area contributed by atoms with Crippen molar-refractivity contribution in [1.29, 1.82) is 0 Å². The normalized spacial score (nSPS) is 53.2. The second kappa shape index (κ2) is 13.8. The summed E-state index contributed by atoms with van der Waals surface area (Å²) in [4.78, 5) is 14.0. The summed E-state index contributed by atoms with van der Waals surface area (Å²) in [5.74, 6) is -0.367. The fourth-order valence-corrected chi connectivity index (χ4v) is 11.3. The van der Waals surface area contributed by atoms with Crippen LogP contribution in [0.25, 0.3) is 0 Å². The highest BCUT2D eigenvalue weighted by Crippen LogP contribution is 2.54. The first-order valence-corrected chi connectivity index (χ1v) is 20.0. The van der Waals surface area contributed by atoms with Gasteiger partial charge in [0.25, 0.3) is 0 Å². The highest BCUT2D eigenvalue weighted by atomic mass is 16.8. The number of hydrogen-bond donors (Lipinski definition) is 2. The largest absolute Gasteiger partial charge is 0.394 e. The fraction of sp³-hybridized carbons (Fsp3) is 0.875. The molecule has 10 rings (SSSR count). The van der Waals surface area contributed by atoms with Crippen molar-refractivity contribution in [2.24, 2.45) is 17.8 Å². The van der Waals surface area contributed by atoms with Gasteiger partial charge in [0.2, 0.25) is 0 Å². The Bertz CT molecular complexity index is 1360. The third-order valence-electron chi connectivity index (χ3n) is 14.1. The molecule has 10 aliphatic rings. The van der Waals surface area contributed by atoms with Gasteiger partial charge in [0.15, 0.2) is 5.79 Å². The molecule has 1 unspecified atom stereocenters. The monoisotopic (exact) mass is 714 g/mol. The van der Waals surface area contributed by atoms with Crippen molar-refractivity contribution < 1.29 is 52.9 Å². The average Bonchev–Trinajstić information content (AvgIpc) is 3.77. The van der Waals surface area contributed by atoms with Gasteiger partial charge in [-0.05, 0) is 73.8 Å². The van der Waals surface area contributed by atoms with Crippen molar-refractivity contribution in [3.05, 3.63) is 24.3 Å². The number of rotatable bonds is 3. The molecule has 10 heterocycles. The highest BCUT2D eigenvalue weighted by molar-refractivity contribution is 5.79. The van der Waals surface area contributed by atoms with Crippen molar-refractivity contribution >= 4 is 5.78 Å². The van der Waals surface area contributed by atoms with Crippen LogP contribution in [0.15, 0.2) is 24.3 Å². The van der Waals surface area contributed by atoms with E-state index in [2.05, 4.69) is 27.0 Å². The summed E-state index contributed by atoms with van der Waals surface area (Å²) in [7, 11) is 0. The molecule has 19 atom stereocenters. The Morgan fingerprint density at radius 3 is 2.33 bits per heavy atom. The van der Waals surface area contributed by atoms with E-state index >= 15 is 0 Å². The zero-order valence-electron chi connectivity index (χ0n) is 30.3. The van der Waals surface area contributed by atoms with E-state index in [1.165, 1.54) is 0 Å². The lowest BCUT2D eigenvalue weighted by Crippen LogP contribution is -2.61. The third-order valence-corrected chi connectivity index (χ3v) is 14.1. The lowest BCUT2D eigenvalue weighted by Gasteiger charge is -2.47. The summed E-state index contributed by atoms with van der Waals surface area (Å²) in [5.41, 5.74) is 2.22. The lowest BCUT2D eigenvalue weighted by atomic mass is 9.79. The van der Waals surface area contributed by atoms with E-state index in [0.717, 1.165) is 56.1 Å². The van der Waals surface area contributed by atoms with Gasteiger partial charge in [-0.3, -0.25) is 4.79 Å². The number of ketones is 1. The molecule has 284 valence electrons. The SMILES string of the molecule is C=C1C2C[C@@H]3O[C@H](C[C@H](O)CO)[C@H](C)[C@H]3CC(=O)C[C@H]3CC[C@@H]4O[C@@H]5[C@H]6O[C@@H]7C[C@](CC[C@H]8CC(=C)[C@H](CC[C@@H](C[C@H]1C)O2)O8)(O[C@H]6[C@H]4O3)O[C@H]57. The molecule has 0 aromatic carbocycles. The second-order valence-corrected chi connectivity index (χ2v) is 17.5. The molecular formula is C40H58O11. The molecule has 0 aliphatic carbocycles. The third kappa shape index (κ3) is 6.53. The first kappa shape index (κ1) is 35.5. The molecule has 0 radical (unpaired) electrons. The van der Waals surface area contributed by atoms with Crippen LogP contribution >= 0.6 is 0 Å². The van der Waals surface area contributed by atoms with Crippen molar-refractivity contribution in [2.75, 3.05) is 6.61 Å². The van der Waals surface area contributed by atoms with Crippen LogP contribution in [0.3, 0.4) is 0 Å². The molecule has 0 aromatic heterocycles. The standard InChI is InChI=1S/C40H58O11/c1-19-11-25-5-7-29-20(2)12-27(44-29)9-10-40-17-34-36(50-40)37-38(49-34)39(51-40)35-30(48-37)8-6-26(46-35)13-23(42)14-28-22(4)31(15-24(43)18-41)47-33(28)16-32(45-25)21(19)3/h19,22,24-39,41,43H,2-3,5-18H2,1,4H3/t19-,22-,24+,25+,26-,27+,28-,29+,30+,31-,32?,33+,34-,35+,36+,37+,38-,39+,40+/m1/s1. The molecule has 1 spiro atoms. The minimum Gasteiger partial charge on any atom is -0.394 e. The Morgan fingerprint density at radius 1 is 0.745 bits per heavy atom. The van der Waals surface area contributed by atoms with Crippen LogP contribution in [-0.4, -0.2) is 120 Å². The zero-order valence-corrected chi connectivity index (χ0v) is 30.3. The highest BCUT2D eigenvalue weighted by Gasteiger charge is 2.68. The van der Waals surface area contributed by atoms with Crippen molar-refractivity contribution in [3.8, 4) is 0 Å². The van der Waals surface area contributed by atoms with Gasteiger partial charge in [-0.15, -0.1) is 0 Å². The molecule has 0 amide bonds.